The predicted molar refractivity (Wildman–Crippen MR) is 219 cm³/mol. The minimum absolute atomic E-state index is 0.00183. The molecule has 0 saturated carbocycles. The van der Waals surface area contributed by atoms with Gasteiger partial charge in [0.05, 0.1) is 22.6 Å². The molecule has 58 heavy (non-hydrogen) atoms. The van der Waals surface area contributed by atoms with Crippen molar-refractivity contribution in [2.24, 2.45) is 5.73 Å². The van der Waals surface area contributed by atoms with Crippen LogP contribution in [0.15, 0.2) is 145 Å². The Balaban J connectivity index is 1.11. The normalized spacial score (nSPS) is 19.0. The molecule has 13 heteroatoms. The molecule has 5 aromatic rings. The molecule has 0 radical (unpaired) electrons. The van der Waals surface area contributed by atoms with Crippen LogP contribution in [0.4, 0.5) is 9.59 Å². The third-order valence-electron chi connectivity index (χ3n) is 9.94. The Labute approximate surface area is 340 Å². The Morgan fingerprint density at radius 2 is 1.34 bits per heavy atom. The highest BCUT2D eigenvalue weighted by atomic mass is 32.2. The second-order valence-corrected chi connectivity index (χ2v) is 15.7. The van der Waals surface area contributed by atoms with Crippen LogP contribution in [0.3, 0.4) is 0 Å². The lowest BCUT2D eigenvalue weighted by Gasteiger charge is -2.40. The minimum Gasteiger partial charge on any atom is -0.451 e. The number of nitrogens with two attached hydrogens (primary N) is 1. The molecule has 7 rings (SSSR count). The molecule has 0 bridgehead atoms. The lowest BCUT2D eigenvalue weighted by molar-refractivity contribution is -0.161. The first kappa shape index (κ1) is 39.5. The van der Waals surface area contributed by atoms with Gasteiger partial charge in [0, 0.05) is 6.20 Å². The number of hydrogen-bond acceptors (Lipinski definition) is 10. The third-order valence-corrected chi connectivity index (χ3v) is 11.5. The van der Waals surface area contributed by atoms with Crippen LogP contribution in [0.25, 0.3) is 6.08 Å². The van der Waals surface area contributed by atoms with Crippen molar-refractivity contribution in [3.05, 3.63) is 179 Å². The Kier molecular flexibility index (Phi) is 11.7. The maximum Gasteiger partial charge on any atom is 0.416 e. The number of rotatable bonds is 12. The summed E-state index contributed by atoms with van der Waals surface area (Å²) < 4.78 is 16.4. The van der Waals surface area contributed by atoms with Gasteiger partial charge in [0.2, 0.25) is 0 Å². The van der Waals surface area contributed by atoms with Gasteiger partial charge in [-0.25, -0.2) is 14.4 Å². The summed E-state index contributed by atoms with van der Waals surface area (Å²) in [5.41, 5.74) is 9.87. The second kappa shape index (κ2) is 17.2. The summed E-state index contributed by atoms with van der Waals surface area (Å²) in [6.07, 6.45) is 0.0251. The van der Waals surface area contributed by atoms with Gasteiger partial charge in [-0.05, 0) is 59.9 Å². The number of nitrogens with zero attached hydrogens (tertiary/aromatic N) is 3. The zero-order chi connectivity index (χ0) is 40.8. The lowest BCUT2D eigenvalue weighted by Crippen LogP contribution is -2.60. The van der Waals surface area contributed by atoms with Gasteiger partial charge in [-0.3, -0.25) is 20.1 Å². The predicted octanol–water partition coefficient (Wildman–Crippen LogP) is 7.66. The van der Waals surface area contributed by atoms with Gasteiger partial charge in [-0.2, -0.15) is 0 Å². The van der Waals surface area contributed by atoms with Gasteiger partial charge in [-0.1, -0.05) is 121 Å². The van der Waals surface area contributed by atoms with Gasteiger partial charge in [0.25, 0.3) is 5.91 Å². The van der Waals surface area contributed by atoms with Crippen molar-refractivity contribution in [2.75, 3.05) is 6.61 Å². The van der Waals surface area contributed by atoms with Crippen molar-refractivity contribution in [1.29, 1.82) is 5.41 Å². The van der Waals surface area contributed by atoms with E-state index in [4.69, 9.17) is 25.4 Å². The molecule has 2 aliphatic heterocycles. The number of primary amides is 1. The van der Waals surface area contributed by atoms with Gasteiger partial charge >= 0.3 is 18.2 Å². The molecule has 294 valence electrons. The molecular formula is C45H41N5O7S. The average molecular weight is 796 g/mol. The quantitative estimate of drug-likeness (QED) is 0.0322. The maximum atomic E-state index is 14.3. The summed E-state index contributed by atoms with van der Waals surface area (Å²) in [6.45, 7) is 3.00. The van der Waals surface area contributed by atoms with Crippen molar-refractivity contribution >= 4 is 47.7 Å². The number of carbonyl (C=O) groups is 4. The summed E-state index contributed by atoms with van der Waals surface area (Å²) in [6, 6.07) is 39.7. The SMILES string of the molecule is CC(=N)N(Cc1ccnc(/C=C2/C(=O)N3C2S[C@@](C)(COC(N)=O)[C@@H]3C(=O)OC(c2ccccc2)c2ccccc2)c1)C(=O)OC(c1ccccc1)c1ccccc1. The number of benzene rings is 4. The molecule has 3 amide bonds. The van der Waals surface area contributed by atoms with Crippen molar-refractivity contribution < 1.29 is 33.4 Å². The van der Waals surface area contributed by atoms with E-state index >= 15 is 0 Å². The fraction of sp³-hybridized carbons (Fsp3) is 0.200. The molecular weight excluding hydrogens is 755 g/mol. The number of hydrogen-bond donors (Lipinski definition) is 2. The Morgan fingerprint density at radius 1 is 0.845 bits per heavy atom. The largest absolute Gasteiger partial charge is 0.451 e. The first-order valence-corrected chi connectivity index (χ1v) is 19.4. The van der Waals surface area contributed by atoms with E-state index in [1.165, 1.54) is 28.5 Å². The van der Waals surface area contributed by atoms with Gasteiger partial charge in [-0.15, -0.1) is 11.8 Å². The van der Waals surface area contributed by atoms with Crippen LogP contribution in [0.1, 0.15) is 59.6 Å². The Hall–Kier alpha value is -6.73. The molecule has 2 fully saturated rings. The number of amidine groups is 1. The lowest BCUT2D eigenvalue weighted by atomic mass is 9.93. The number of nitrogens with one attached hydrogen (secondary N) is 1. The molecule has 0 spiro atoms. The zero-order valence-electron chi connectivity index (χ0n) is 31.8. The van der Waals surface area contributed by atoms with E-state index in [0.29, 0.717) is 16.8 Å². The highest BCUT2D eigenvalue weighted by Gasteiger charge is 2.64. The molecule has 3 heterocycles. The molecule has 2 saturated heterocycles. The number of amides is 3. The molecule has 1 unspecified atom stereocenters. The van der Waals surface area contributed by atoms with Gasteiger partial charge < -0.3 is 24.8 Å². The van der Waals surface area contributed by atoms with E-state index in [1.54, 1.807) is 31.3 Å². The van der Waals surface area contributed by atoms with E-state index in [9.17, 15) is 19.2 Å². The first-order valence-electron chi connectivity index (χ1n) is 18.5. The summed E-state index contributed by atoms with van der Waals surface area (Å²) in [4.78, 5) is 60.9. The van der Waals surface area contributed by atoms with E-state index < -0.39 is 52.4 Å². The van der Waals surface area contributed by atoms with Crippen LogP contribution >= 0.6 is 11.8 Å². The topological polar surface area (TPSA) is 165 Å². The van der Waals surface area contributed by atoms with Gasteiger partial charge in [0.15, 0.2) is 12.2 Å². The maximum absolute atomic E-state index is 14.3. The summed E-state index contributed by atoms with van der Waals surface area (Å²) in [5.74, 6) is -1.09. The monoisotopic (exact) mass is 795 g/mol. The van der Waals surface area contributed by atoms with E-state index in [2.05, 4.69) is 4.98 Å². The number of fused-ring (bicyclic) bond motifs is 1. The van der Waals surface area contributed by atoms with Gasteiger partial charge in [0.1, 0.15) is 23.9 Å². The van der Waals surface area contributed by atoms with E-state index in [1.807, 2.05) is 121 Å². The van der Waals surface area contributed by atoms with Crippen LogP contribution < -0.4 is 5.73 Å². The third kappa shape index (κ3) is 8.49. The van der Waals surface area contributed by atoms with E-state index in [-0.39, 0.29) is 19.0 Å². The van der Waals surface area contributed by atoms with Crippen LogP contribution in [0.2, 0.25) is 0 Å². The summed E-state index contributed by atoms with van der Waals surface area (Å²) in [5, 5.41) is 7.87. The average Bonchev–Trinajstić information content (AvgIpc) is 3.53. The van der Waals surface area contributed by atoms with Crippen LogP contribution in [-0.2, 0) is 30.3 Å². The molecule has 2 aliphatic rings. The fourth-order valence-electron chi connectivity index (χ4n) is 7.10. The first-order chi connectivity index (χ1) is 28.0. The van der Waals surface area contributed by atoms with Crippen molar-refractivity contribution in [2.45, 2.75) is 48.8 Å². The summed E-state index contributed by atoms with van der Waals surface area (Å²) >= 11 is 1.29. The zero-order valence-corrected chi connectivity index (χ0v) is 32.6. The minimum atomic E-state index is -1.12. The smallest absolute Gasteiger partial charge is 0.416 e. The molecule has 3 N–H and O–H groups in total. The Bertz CT molecular complexity index is 2250. The van der Waals surface area contributed by atoms with Crippen LogP contribution in [-0.4, -0.2) is 67.5 Å². The van der Waals surface area contributed by atoms with Crippen molar-refractivity contribution in [3.63, 3.8) is 0 Å². The molecule has 0 aliphatic carbocycles. The highest BCUT2D eigenvalue weighted by Crippen LogP contribution is 2.54. The summed E-state index contributed by atoms with van der Waals surface area (Å²) in [7, 11) is 0. The Morgan fingerprint density at radius 3 is 1.83 bits per heavy atom. The van der Waals surface area contributed by atoms with Crippen molar-refractivity contribution in [1.82, 2.24) is 14.8 Å². The van der Waals surface area contributed by atoms with Crippen LogP contribution in [0, 0.1) is 5.41 Å². The number of esters is 1. The molecule has 3 atom stereocenters. The number of thioether (sulfide) groups is 1. The number of pyridine rings is 1. The fourth-order valence-corrected chi connectivity index (χ4v) is 8.70. The highest BCUT2D eigenvalue weighted by molar-refractivity contribution is 8.02. The van der Waals surface area contributed by atoms with E-state index in [0.717, 1.165) is 22.3 Å². The molecule has 4 aromatic carbocycles. The molecule has 1 aromatic heterocycles. The standard InChI is InChI=1S/C45H41N5O7S/c1-29(46)49(44(54)57-38(33-19-11-5-12-20-33)34-21-13-6-14-22-34)27-30-23-24-48-35(25-30)26-36-40(51)50-39(45(2,58-41(36)50)28-55-43(47)53)42(52)56-37(31-15-7-3-8-16-31)32-17-9-4-10-18-32/h3-26,37-39,41,46H,27-28H2,1-2H3,(H2,47,53)/b36-26-,46-29?/t39-,41?,45-/m0/s1. The number of β-lactam (4-membered cyclic amide) rings is 1. The molecule has 12 nitrogen and oxygen atoms in total. The number of carbonyl (C=O) groups excluding carboxylic acids is 4. The van der Waals surface area contributed by atoms with Crippen molar-refractivity contribution in [3.8, 4) is 0 Å². The second-order valence-electron chi connectivity index (χ2n) is 14.1. The van der Waals surface area contributed by atoms with Crippen LogP contribution in [0.5, 0.6) is 0 Å². The number of ether oxygens (including phenoxy) is 3. The number of aromatic nitrogens is 1.